The molecule has 0 saturated carbocycles. The molecule has 1 heterocycles. The summed E-state index contributed by atoms with van der Waals surface area (Å²) in [5.41, 5.74) is 0. The van der Waals surface area contributed by atoms with Crippen molar-refractivity contribution in [1.29, 1.82) is 0 Å². The third-order valence-corrected chi connectivity index (χ3v) is 3.48. The zero-order chi connectivity index (χ0) is 20.0. The van der Waals surface area contributed by atoms with Crippen LogP contribution in [0, 0.1) is 0 Å². The average Bonchev–Trinajstić information content (AvgIpc) is 2.59. The van der Waals surface area contributed by atoms with E-state index < -0.39 is 67.1 Å². The lowest BCUT2D eigenvalue weighted by Gasteiger charge is -2.36. The summed E-state index contributed by atoms with van der Waals surface area (Å²) >= 11 is 0. The number of ether oxygens (including phenoxy) is 2. The van der Waals surface area contributed by atoms with E-state index in [9.17, 15) is 34.8 Å². The highest BCUT2D eigenvalue weighted by Gasteiger charge is 2.42. The van der Waals surface area contributed by atoms with Crippen molar-refractivity contribution in [3.8, 4) is 0 Å². The minimum absolute atomic E-state index is 0.155. The summed E-state index contributed by atoms with van der Waals surface area (Å²) in [6, 6.07) is -1.54. The molecule has 0 aromatic heterocycles. The molecule has 7 N–H and O–H groups in total. The first-order valence-electron chi connectivity index (χ1n) is 7.45. The Morgan fingerprint density at radius 3 is 2.46 bits per heavy atom. The number of hydrogen-bond acceptors (Lipinski definition) is 10. The Kier molecular flexibility index (Phi) is 8.08. The Morgan fingerprint density at radius 1 is 1.38 bits per heavy atom. The summed E-state index contributed by atoms with van der Waals surface area (Å²) in [5, 5.41) is 59.6. The van der Waals surface area contributed by atoms with Gasteiger partial charge in [0, 0.05) is 6.92 Å². The SMILES string of the molecule is CC(=O)N[C@H](C=O)[C@H](O)[C@H](O[C@@H]1OC(C(=O)O)=C[C@H](O)[C@@H]1O)[C@@H](O)CO. The van der Waals surface area contributed by atoms with Gasteiger partial charge in [-0.1, -0.05) is 0 Å². The van der Waals surface area contributed by atoms with Gasteiger partial charge in [0.15, 0.2) is 0 Å². The maximum atomic E-state index is 11.1. The van der Waals surface area contributed by atoms with E-state index in [1.54, 1.807) is 0 Å². The van der Waals surface area contributed by atoms with Crippen LogP contribution in [0.3, 0.4) is 0 Å². The van der Waals surface area contributed by atoms with Crippen molar-refractivity contribution in [2.45, 2.75) is 49.8 Å². The number of hydrogen-bond donors (Lipinski definition) is 7. The fourth-order valence-electron chi connectivity index (χ4n) is 2.18. The number of rotatable bonds is 9. The number of carbonyl (C=O) groups excluding carboxylic acids is 2. The molecule has 1 amide bonds. The van der Waals surface area contributed by atoms with Crippen molar-refractivity contribution in [2.24, 2.45) is 0 Å². The number of aldehydes is 1. The molecule has 12 nitrogen and oxygen atoms in total. The highest BCUT2D eigenvalue weighted by Crippen LogP contribution is 2.23. The molecular weight excluding hydrogens is 358 g/mol. The molecule has 1 aliphatic heterocycles. The van der Waals surface area contributed by atoms with Crippen molar-refractivity contribution in [2.75, 3.05) is 6.61 Å². The molecule has 0 radical (unpaired) electrons. The van der Waals surface area contributed by atoms with Crippen LogP contribution in [0.15, 0.2) is 11.8 Å². The number of carboxylic acid groups (broad SMARTS) is 1. The number of aliphatic hydroxyl groups excluding tert-OH is 5. The summed E-state index contributed by atoms with van der Waals surface area (Å²) in [7, 11) is 0. The van der Waals surface area contributed by atoms with E-state index in [1.807, 2.05) is 0 Å². The lowest BCUT2D eigenvalue weighted by atomic mass is 10.0. The van der Waals surface area contributed by atoms with Gasteiger partial charge in [0.1, 0.15) is 42.8 Å². The molecule has 0 saturated heterocycles. The zero-order valence-electron chi connectivity index (χ0n) is 13.6. The van der Waals surface area contributed by atoms with Gasteiger partial charge in [-0.15, -0.1) is 0 Å². The van der Waals surface area contributed by atoms with Crippen molar-refractivity contribution < 1.29 is 54.5 Å². The molecule has 0 bridgehead atoms. The van der Waals surface area contributed by atoms with Crippen LogP contribution in [0.4, 0.5) is 0 Å². The highest BCUT2D eigenvalue weighted by atomic mass is 16.7. The number of nitrogens with one attached hydrogen (secondary N) is 1. The number of aliphatic carboxylic acids is 1. The van der Waals surface area contributed by atoms with Crippen LogP contribution >= 0.6 is 0 Å². The second-order valence-electron chi connectivity index (χ2n) is 5.51. The van der Waals surface area contributed by atoms with E-state index in [2.05, 4.69) is 5.32 Å². The normalized spacial score (nSPS) is 27.3. The van der Waals surface area contributed by atoms with Crippen molar-refractivity contribution in [1.82, 2.24) is 5.32 Å². The van der Waals surface area contributed by atoms with Crippen molar-refractivity contribution >= 4 is 18.2 Å². The molecule has 0 aromatic rings. The van der Waals surface area contributed by atoms with E-state index in [0.29, 0.717) is 6.08 Å². The molecule has 26 heavy (non-hydrogen) atoms. The monoisotopic (exact) mass is 379 g/mol. The van der Waals surface area contributed by atoms with Gasteiger partial charge in [-0.05, 0) is 6.08 Å². The highest BCUT2D eigenvalue weighted by molar-refractivity contribution is 5.84. The lowest BCUT2D eigenvalue weighted by molar-refractivity contribution is -0.256. The molecular formula is C14H21NO11. The Bertz CT molecular complexity index is 551. The Hall–Kier alpha value is -2.09. The summed E-state index contributed by atoms with van der Waals surface area (Å²) in [5.74, 6) is -3.01. The van der Waals surface area contributed by atoms with Crippen molar-refractivity contribution in [3.05, 3.63) is 11.8 Å². The van der Waals surface area contributed by atoms with Gasteiger partial charge in [-0.3, -0.25) is 4.79 Å². The van der Waals surface area contributed by atoms with Crippen molar-refractivity contribution in [3.63, 3.8) is 0 Å². The van der Waals surface area contributed by atoms with E-state index in [1.165, 1.54) is 0 Å². The Labute approximate surface area is 147 Å². The van der Waals surface area contributed by atoms with Crippen LogP contribution in [0.2, 0.25) is 0 Å². The predicted molar refractivity (Wildman–Crippen MR) is 80.2 cm³/mol. The maximum absolute atomic E-state index is 11.1. The fraction of sp³-hybridized carbons (Fsp3) is 0.643. The average molecular weight is 379 g/mol. The molecule has 7 atom stereocenters. The quantitative estimate of drug-likeness (QED) is 0.191. The third kappa shape index (κ3) is 5.45. The van der Waals surface area contributed by atoms with Crippen LogP contribution < -0.4 is 5.32 Å². The second-order valence-corrected chi connectivity index (χ2v) is 5.51. The van der Waals surface area contributed by atoms with Gasteiger partial charge in [-0.25, -0.2) is 4.79 Å². The second kappa shape index (κ2) is 9.56. The molecule has 12 heteroatoms. The van der Waals surface area contributed by atoms with Gasteiger partial charge >= 0.3 is 5.97 Å². The van der Waals surface area contributed by atoms with E-state index >= 15 is 0 Å². The third-order valence-electron chi connectivity index (χ3n) is 3.48. The van der Waals surface area contributed by atoms with Crippen LogP contribution in [0.5, 0.6) is 0 Å². The summed E-state index contributed by atoms with van der Waals surface area (Å²) in [6.07, 6.45) is -9.96. The van der Waals surface area contributed by atoms with Gasteiger partial charge in [0.05, 0.1) is 6.61 Å². The first kappa shape index (κ1) is 22.0. The van der Waals surface area contributed by atoms with Crippen LogP contribution in [-0.4, -0.2) is 98.3 Å². The Morgan fingerprint density at radius 2 is 2.00 bits per heavy atom. The molecule has 0 fully saturated rings. The minimum Gasteiger partial charge on any atom is -0.475 e. The Balaban J connectivity index is 3.03. The van der Waals surface area contributed by atoms with Gasteiger partial charge in [0.25, 0.3) is 0 Å². The molecule has 1 aliphatic rings. The number of amides is 1. The lowest BCUT2D eigenvalue weighted by Crippen LogP contribution is -2.57. The molecule has 0 aromatic carbocycles. The van der Waals surface area contributed by atoms with E-state index in [0.717, 1.165) is 6.92 Å². The first-order chi connectivity index (χ1) is 12.1. The van der Waals surface area contributed by atoms with Crippen LogP contribution in [0.1, 0.15) is 6.92 Å². The number of carbonyl (C=O) groups is 3. The molecule has 0 spiro atoms. The summed E-state index contributed by atoms with van der Waals surface area (Å²) in [6.45, 7) is 0.121. The number of aliphatic hydroxyl groups is 5. The largest absolute Gasteiger partial charge is 0.475 e. The summed E-state index contributed by atoms with van der Waals surface area (Å²) < 4.78 is 9.98. The molecule has 0 aliphatic carbocycles. The smallest absolute Gasteiger partial charge is 0.371 e. The first-order valence-corrected chi connectivity index (χ1v) is 7.45. The topological polar surface area (TPSA) is 203 Å². The number of carboxylic acids is 1. The zero-order valence-corrected chi connectivity index (χ0v) is 13.6. The van der Waals surface area contributed by atoms with Gasteiger partial charge in [-0.2, -0.15) is 0 Å². The van der Waals surface area contributed by atoms with Gasteiger partial charge < -0.3 is 50.2 Å². The van der Waals surface area contributed by atoms with E-state index in [4.69, 9.17) is 19.7 Å². The predicted octanol–water partition coefficient (Wildman–Crippen LogP) is -4.16. The molecule has 0 unspecified atom stereocenters. The fourth-order valence-corrected chi connectivity index (χ4v) is 2.18. The maximum Gasteiger partial charge on any atom is 0.371 e. The molecule has 1 rings (SSSR count). The van der Waals surface area contributed by atoms with Gasteiger partial charge in [0.2, 0.25) is 18.0 Å². The van der Waals surface area contributed by atoms with E-state index in [-0.39, 0.29) is 6.29 Å². The standard InChI is InChI=1S/C14H21NO11/c1-5(18)15-6(3-16)10(21)12(8(20)4-17)26-14-11(22)7(19)2-9(25-14)13(23)24/h2-3,6-8,10-12,14,17,19-22H,4H2,1H3,(H,15,18)(H,23,24)/t6-,7+,8+,10+,11+,12-,14+/m1/s1. The minimum atomic E-state index is -1.90. The summed E-state index contributed by atoms with van der Waals surface area (Å²) in [4.78, 5) is 33.1. The van der Waals surface area contributed by atoms with Crippen LogP contribution in [0.25, 0.3) is 0 Å². The molecule has 148 valence electrons. The van der Waals surface area contributed by atoms with Crippen LogP contribution in [-0.2, 0) is 23.9 Å².